The van der Waals surface area contributed by atoms with E-state index >= 15 is 0 Å². The quantitative estimate of drug-likeness (QED) is 0.780. The van der Waals surface area contributed by atoms with Gasteiger partial charge in [0.05, 0.1) is 11.8 Å². The van der Waals surface area contributed by atoms with Gasteiger partial charge in [0.15, 0.2) is 5.78 Å². The third-order valence-electron chi connectivity index (χ3n) is 4.94. The lowest BCUT2D eigenvalue weighted by Gasteiger charge is -2.48. The molecule has 0 aromatic carbocycles. The normalized spacial score (nSPS) is 27.0. The van der Waals surface area contributed by atoms with Crippen LogP contribution in [0, 0.1) is 5.92 Å². The highest BCUT2D eigenvalue weighted by molar-refractivity contribution is 5.97. The van der Waals surface area contributed by atoms with Crippen LogP contribution in [0.25, 0.3) is 0 Å². The van der Waals surface area contributed by atoms with Crippen LogP contribution in [0.1, 0.15) is 63.2 Å². The number of carbonyl (C=O) groups excluding carboxylic acids is 2. The molecule has 3 rings (SSSR count). The topological polar surface area (TPSA) is 64.4 Å². The molecule has 6 nitrogen and oxygen atoms in total. The van der Waals surface area contributed by atoms with Gasteiger partial charge in [0.1, 0.15) is 5.60 Å². The molecule has 0 spiro atoms. The molecule has 2 unspecified atom stereocenters. The van der Waals surface area contributed by atoms with E-state index in [-0.39, 0.29) is 29.9 Å². The Balaban J connectivity index is 1.73. The maximum Gasteiger partial charge on any atom is 0.410 e. The molecule has 6 heteroatoms. The maximum absolute atomic E-state index is 12.8. The fourth-order valence-corrected chi connectivity index (χ4v) is 3.99. The smallest absolute Gasteiger partial charge is 0.410 e. The lowest BCUT2D eigenvalue weighted by atomic mass is 9.76. The van der Waals surface area contributed by atoms with Crippen LogP contribution < -0.4 is 0 Å². The Labute approximate surface area is 143 Å². The van der Waals surface area contributed by atoms with Crippen molar-refractivity contribution in [2.75, 3.05) is 0 Å². The fraction of sp³-hybridized carbons (Fsp3) is 0.722. The second-order valence-electron chi connectivity index (χ2n) is 8.06. The monoisotopic (exact) mass is 333 g/mol. The number of nitrogens with zero attached hydrogens (tertiary/aromatic N) is 3. The van der Waals surface area contributed by atoms with Gasteiger partial charge in [-0.25, -0.2) is 4.79 Å². The van der Waals surface area contributed by atoms with Crippen LogP contribution in [0.4, 0.5) is 4.79 Å². The van der Waals surface area contributed by atoms with Crippen molar-refractivity contribution >= 4 is 11.9 Å². The fourth-order valence-electron chi connectivity index (χ4n) is 3.99. The van der Waals surface area contributed by atoms with E-state index in [9.17, 15) is 9.59 Å². The van der Waals surface area contributed by atoms with Crippen LogP contribution in [-0.4, -0.2) is 44.2 Å². The van der Waals surface area contributed by atoms with E-state index in [0.717, 1.165) is 32.1 Å². The number of Topliss-reactive ketones (excluding diaryl/α,β-unsaturated/α-hetero) is 1. The zero-order chi connectivity index (χ0) is 17.5. The lowest BCUT2D eigenvalue weighted by molar-refractivity contribution is -0.0260. The molecule has 2 saturated heterocycles. The van der Waals surface area contributed by atoms with Gasteiger partial charge in [-0.05, 0) is 52.9 Å². The molecule has 3 heterocycles. The van der Waals surface area contributed by atoms with Gasteiger partial charge in [0.2, 0.25) is 0 Å². The van der Waals surface area contributed by atoms with E-state index in [1.807, 2.05) is 32.7 Å². The number of carbonyl (C=O) groups is 2. The van der Waals surface area contributed by atoms with Gasteiger partial charge in [0, 0.05) is 31.2 Å². The van der Waals surface area contributed by atoms with Crippen molar-refractivity contribution < 1.29 is 14.3 Å². The largest absolute Gasteiger partial charge is 0.444 e. The first-order valence-corrected chi connectivity index (χ1v) is 8.79. The number of ketones is 1. The summed E-state index contributed by atoms with van der Waals surface area (Å²) in [5.74, 6) is 0.132. The summed E-state index contributed by atoms with van der Waals surface area (Å²) < 4.78 is 7.24. The average molecular weight is 333 g/mol. The van der Waals surface area contributed by atoms with Crippen molar-refractivity contribution in [1.82, 2.24) is 14.7 Å². The minimum atomic E-state index is -0.492. The molecule has 2 bridgehead atoms. The SMILES string of the molecule is Cn1cc(C(=O)C2CC3CCCC(C2)N3C(=O)OC(C)(C)C)cn1. The lowest BCUT2D eigenvalue weighted by Crippen LogP contribution is -2.56. The molecule has 1 amide bonds. The summed E-state index contributed by atoms with van der Waals surface area (Å²) in [4.78, 5) is 27.2. The molecule has 2 fully saturated rings. The van der Waals surface area contributed by atoms with Gasteiger partial charge in [-0.15, -0.1) is 0 Å². The number of fused-ring (bicyclic) bond motifs is 2. The first-order valence-electron chi connectivity index (χ1n) is 8.79. The highest BCUT2D eigenvalue weighted by atomic mass is 16.6. The molecule has 1 aromatic heterocycles. The van der Waals surface area contributed by atoms with Crippen molar-refractivity contribution in [2.45, 2.75) is 70.6 Å². The molecule has 2 aliphatic rings. The molecule has 0 radical (unpaired) electrons. The van der Waals surface area contributed by atoms with Gasteiger partial charge in [-0.2, -0.15) is 5.10 Å². The molecule has 0 N–H and O–H groups in total. The summed E-state index contributed by atoms with van der Waals surface area (Å²) in [6, 6.07) is 0.218. The van der Waals surface area contributed by atoms with Crippen LogP contribution in [-0.2, 0) is 11.8 Å². The summed E-state index contributed by atoms with van der Waals surface area (Å²) in [7, 11) is 1.82. The Morgan fingerprint density at radius 2 is 1.83 bits per heavy atom. The van der Waals surface area contributed by atoms with Crippen LogP contribution in [0.5, 0.6) is 0 Å². The Hall–Kier alpha value is -1.85. The Kier molecular flexibility index (Phi) is 4.40. The van der Waals surface area contributed by atoms with Gasteiger partial charge in [-0.3, -0.25) is 9.48 Å². The molecule has 2 atom stereocenters. The van der Waals surface area contributed by atoms with Crippen LogP contribution >= 0.6 is 0 Å². The van der Waals surface area contributed by atoms with E-state index in [0.29, 0.717) is 5.56 Å². The van der Waals surface area contributed by atoms with Gasteiger partial charge in [-0.1, -0.05) is 0 Å². The van der Waals surface area contributed by atoms with Gasteiger partial charge < -0.3 is 9.64 Å². The van der Waals surface area contributed by atoms with E-state index in [1.165, 1.54) is 0 Å². The molecular weight excluding hydrogens is 306 g/mol. The molecule has 0 saturated carbocycles. The molecule has 0 aliphatic carbocycles. The van der Waals surface area contributed by atoms with Gasteiger partial charge >= 0.3 is 6.09 Å². The Morgan fingerprint density at radius 3 is 2.33 bits per heavy atom. The predicted molar refractivity (Wildman–Crippen MR) is 89.8 cm³/mol. The highest BCUT2D eigenvalue weighted by Crippen LogP contribution is 2.39. The summed E-state index contributed by atoms with van der Waals surface area (Å²) >= 11 is 0. The third kappa shape index (κ3) is 3.47. The second-order valence-corrected chi connectivity index (χ2v) is 8.06. The van der Waals surface area contributed by atoms with Crippen molar-refractivity contribution in [3.63, 3.8) is 0 Å². The zero-order valence-corrected chi connectivity index (χ0v) is 15.0. The van der Waals surface area contributed by atoms with Gasteiger partial charge in [0.25, 0.3) is 0 Å². The number of rotatable bonds is 2. The van der Waals surface area contributed by atoms with E-state index < -0.39 is 5.60 Å². The van der Waals surface area contributed by atoms with Crippen molar-refractivity contribution in [2.24, 2.45) is 13.0 Å². The Bertz CT molecular complexity index is 618. The summed E-state index contributed by atoms with van der Waals surface area (Å²) in [6.07, 6.45) is 7.65. The molecular formula is C18H27N3O3. The number of ether oxygens (including phenoxy) is 1. The minimum absolute atomic E-state index is 0.0248. The van der Waals surface area contributed by atoms with Crippen molar-refractivity contribution in [3.8, 4) is 0 Å². The maximum atomic E-state index is 12.8. The van der Waals surface area contributed by atoms with Crippen LogP contribution in [0.2, 0.25) is 0 Å². The standard InChI is InChI=1S/C18H27N3O3/c1-18(2,3)24-17(23)21-14-6-5-7-15(21)9-12(8-14)16(22)13-10-19-20(4)11-13/h10-12,14-15H,5-9H2,1-4H3. The van der Waals surface area contributed by atoms with Crippen LogP contribution in [0.3, 0.4) is 0 Å². The zero-order valence-electron chi connectivity index (χ0n) is 15.0. The van der Waals surface area contributed by atoms with E-state index in [4.69, 9.17) is 4.74 Å². The van der Waals surface area contributed by atoms with Crippen molar-refractivity contribution in [3.05, 3.63) is 18.0 Å². The average Bonchev–Trinajstić information content (AvgIpc) is 2.89. The first kappa shape index (κ1) is 17.0. The summed E-state index contributed by atoms with van der Waals surface area (Å²) in [5, 5.41) is 4.10. The predicted octanol–water partition coefficient (Wildman–Crippen LogP) is 3.17. The van der Waals surface area contributed by atoms with E-state index in [1.54, 1.807) is 17.1 Å². The minimum Gasteiger partial charge on any atom is -0.444 e. The highest BCUT2D eigenvalue weighted by Gasteiger charge is 2.44. The van der Waals surface area contributed by atoms with E-state index in [2.05, 4.69) is 5.10 Å². The molecule has 24 heavy (non-hydrogen) atoms. The number of aromatic nitrogens is 2. The number of aryl methyl sites for hydroxylation is 1. The van der Waals surface area contributed by atoms with Crippen molar-refractivity contribution in [1.29, 1.82) is 0 Å². The summed E-state index contributed by atoms with van der Waals surface area (Å²) in [6.45, 7) is 5.66. The number of amides is 1. The molecule has 132 valence electrons. The number of hydrogen-bond donors (Lipinski definition) is 0. The molecule has 1 aromatic rings. The summed E-state index contributed by atoms with van der Waals surface area (Å²) in [5.41, 5.74) is 0.180. The number of piperidine rings is 2. The Morgan fingerprint density at radius 1 is 1.21 bits per heavy atom. The number of hydrogen-bond acceptors (Lipinski definition) is 4. The first-order chi connectivity index (χ1) is 11.2. The third-order valence-corrected chi connectivity index (χ3v) is 4.94. The molecule has 2 aliphatic heterocycles. The van der Waals surface area contributed by atoms with Crippen LogP contribution in [0.15, 0.2) is 12.4 Å². The second kappa shape index (κ2) is 6.22.